The molecule has 0 saturated heterocycles. The molecule has 0 bridgehead atoms. The van der Waals surface area contributed by atoms with Gasteiger partial charge in [-0.1, -0.05) is 0 Å². The lowest BCUT2D eigenvalue weighted by atomic mass is 10.2. The number of carbonyl (C=O) groups excluding carboxylic acids is 3. The minimum atomic E-state index is -1.45. The number of aliphatic hydroxyl groups is 1. The molecule has 0 radical (unpaired) electrons. The Morgan fingerprint density at radius 2 is 1.94 bits per heavy atom. The van der Waals surface area contributed by atoms with Crippen LogP contribution in [0.1, 0.15) is 6.42 Å². The number of nitrogens with one attached hydrogen (secondary N) is 2. The second kappa shape index (κ2) is 8.59. The molecule has 0 aromatic rings. The summed E-state index contributed by atoms with van der Waals surface area (Å²) in [4.78, 5) is 32.9. The predicted octanol–water partition coefficient (Wildman–Crippen LogP) is -2.26. The average molecular weight is 278 g/mol. The minimum absolute atomic E-state index is 0.301. The number of amides is 4. The molecule has 0 spiro atoms. The SMILES string of the molecule is CSCCC(NC(N)=O)C(=O)NCC(O)C(N)=O. The zero-order valence-corrected chi connectivity index (χ0v) is 10.8. The number of aliphatic hydroxyl groups excluding tert-OH is 1. The molecule has 2 atom stereocenters. The molecule has 2 unspecified atom stereocenters. The van der Waals surface area contributed by atoms with Gasteiger partial charge in [-0.2, -0.15) is 11.8 Å². The first-order valence-electron chi connectivity index (χ1n) is 5.18. The van der Waals surface area contributed by atoms with E-state index in [9.17, 15) is 14.4 Å². The third-order valence-corrected chi connectivity index (χ3v) is 2.69. The fraction of sp³-hybridized carbons (Fsp3) is 0.667. The number of urea groups is 1. The molecule has 8 nitrogen and oxygen atoms in total. The van der Waals surface area contributed by atoms with Gasteiger partial charge >= 0.3 is 6.03 Å². The molecule has 0 heterocycles. The molecular weight excluding hydrogens is 260 g/mol. The lowest BCUT2D eigenvalue weighted by Crippen LogP contribution is -2.51. The molecule has 4 amide bonds. The van der Waals surface area contributed by atoms with E-state index in [0.29, 0.717) is 12.2 Å². The van der Waals surface area contributed by atoms with Crippen molar-refractivity contribution in [3.8, 4) is 0 Å². The van der Waals surface area contributed by atoms with E-state index in [0.717, 1.165) is 0 Å². The van der Waals surface area contributed by atoms with Crippen LogP contribution in [0.2, 0.25) is 0 Å². The summed E-state index contributed by atoms with van der Waals surface area (Å²) in [5.41, 5.74) is 9.77. The molecule has 104 valence electrons. The summed E-state index contributed by atoms with van der Waals surface area (Å²) in [6, 6.07) is -1.61. The van der Waals surface area contributed by atoms with Crippen molar-refractivity contribution in [1.29, 1.82) is 0 Å². The van der Waals surface area contributed by atoms with Crippen LogP contribution in [0.4, 0.5) is 4.79 Å². The van der Waals surface area contributed by atoms with Gasteiger partial charge in [-0.25, -0.2) is 4.79 Å². The van der Waals surface area contributed by atoms with E-state index in [4.69, 9.17) is 16.6 Å². The number of rotatable bonds is 8. The molecule has 18 heavy (non-hydrogen) atoms. The Labute approximate surface area is 109 Å². The van der Waals surface area contributed by atoms with E-state index in [-0.39, 0.29) is 6.54 Å². The van der Waals surface area contributed by atoms with E-state index in [1.807, 2.05) is 6.26 Å². The molecule has 0 aliphatic rings. The molecule has 7 N–H and O–H groups in total. The topological polar surface area (TPSA) is 148 Å². The Bertz CT molecular complexity index is 313. The minimum Gasteiger partial charge on any atom is -0.381 e. The molecule has 0 aliphatic carbocycles. The third-order valence-electron chi connectivity index (χ3n) is 2.04. The second-order valence-electron chi connectivity index (χ2n) is 3.51. The average Bonchev–Trinajstić information content (AvgIpc) is 2.30. The number of hydrogen-bond donors (Lipinski definition) is 5. The lowest BCUT2D eigenvalue weighted by Gasteiger charge is -2.17. The zero-order valence-electron chi connectivity index (χ0n) is 10.0. The van der Waals surface area contributed by atoms with Crippen LogP contribution >= 0.6 is 11.8 Å². The summed E-state index contributed by atoms with van der Waals surface area (Å²) in [5.74, 6) is -0.807. The number of hydrogen-bond acceptors (Lipinski definition) is 5. The van der Waals surface area contributed by atoms with Crippen molar-refractivity contribution in [2.24, 2.45) is 11.5 Å². The summed E-state index contributed by atoms with van der Waals surface area (Å²) in [6.07, 6.45) is 0.794. The maximum atomic E-state index is 11.7. The van der Waals surface area contributed by atoms with Crippen molar-refractivity contribution in [2.75, 3.05) is 18.6 Å². The van der Waals surface area contributed by atoms with Crippen LogP contribution in [0, 0.1) is 0 Å². The van der Waals surface area contributed by atoms with Crippen molar-refractivity contribution >= 4 is 29.6 Å². The summed E-state index contributed by atoms with van der Waals surface area (Å²) in [7, 11) is 0. The van der Waals surface area contributed by atoms with E-state index in [1.165, 1.54) is 11.8 Å². The van der Waals surface area contributed by atoms with Crippen molar-refractivity contribution in [2.45, 2.75) is 18.6 Å². The normalized spacial score (nSPS) is 13.4. The molecule has 0 saturated carbocycles. The van der Waals surface area contributed by atoms with Gasteiger partial charge in [0, 0.05) is 0 Å². The van der Waals surface area contributed by atoms with Crippen molar-refractivity contribution in [3.63, 3.8) is 0 Å². The first kappa shape index (κ1) is 16.5. The van der Waals surface area contributed by atoms with Gasteiger partial charge in [0.25, 0.3) is 0 Å². The van der Waals surface area contributed by atoms with Crippen molar-refractivity contribution < 1.29 is 19.5 Å². The van der Waals surface area contributed by atoms with E-state index >= 15 is 0 Å². The Morgan fingerprint density at radius 1 is 1.33 bits per heavy atom. The maximum absolute atomic E-state index is 11.7. The van der Waals surface area contributed by atoms with Crippen LogP contribution in [0.5, 0.6) is 0 Å². The van der Waals surface area contributed by atoms with Gasteiger partial charge in [0.1, 0.15) is 12.1 Å². The lowest BCUT2D eigenvalue weighted by molar-refractivity contribution is -0.127. The molecule has 0 aromatic heterocycles. The highest BCUT2D eigenvalue weighted by atomic mass is 32.2. The summed E-state index contributed by atoms with van der Waals surface area (Å²) in [5, 5.41) is 13.7. The van der Waals surface area contributed by atoms with E-state index < -0.39 is 30.0 Å². The predicted molar refractivity (Wildman–Crippen MR) is 67.7 cm³/mol. The van der Waals surface area contributed by atoms with Crippen molar-refractivity contribution in [1.82, 2.24) is 10.6 Å². The summed E-state index contributed by atoms with van der Waals surface area (Å²) >= 11 is 1.51. The smallest absolute Gasteiger partial charge is 0.312 e. The second-order valence-corrected chi connectivity index (χ2v) is 4.49. The van der Waals surface area contributed by atoms with Gasteiger partial charge in [0.2, 0.25) is 11.8 Å². The van der Waals surface area contributed by atoms with Crippen LogP contribution < -0.4 is 22.1 Å². The summed E-state index contributed by atoms with van der Waals surface area (Å²) in [6.45, 7) is -0.301. The highest BCUT2D eigenvalue weighted by Gasteiger charge is 2.20. The number of primary amides is 2. The third kappa shape index (κ3) is 6.97. The zero-order chi connectivity index (χ0) is 14.1. The highest BCUT2D eigenvalue weighted by Crippen LogP contribution is 2.01. The van der Waals surface area contributed by atoms with E-state index in [2.05, 4.69) is 10.6 Å². The molecule has 0 rings (SSSR count). The summed E-state index contributed by atoms with van der Waals surface area (Å²) < 4.78 is 0. The van der Waals surface area contributed by atoms with Crippen LogP contribution in [0.3, 0.4) is 0 Å². The maximum Gasteiger partial charge on any atom is 0.312 e. The van der Waals surface area contributed by atoms with E-state index in [1.54, 1.807) is 0 Å². The van der Waals surface area contributed by atoms with Gasteiger partial charge in [0.05, 0.1) is 6.54 Å². The number of thioether (sulfide) groups is 1. The van der Waals surface area contributed by atoms with Gasteiger partial charge in [-0.3, -0.25) is 9.59 Å². The number of nitrogens with two attached hydrogens (primary N) is 2. The van der Waals surface area contributed by atoms with Gasteiger partial charge < -0.3 is 27.2 Å². The van der Waals surface area contributed by atoms with Crippen LogP contribution in [0.25, 0.3) is 0 Å². The molecule has 9 heteroatoms. The van der Waals surface area contributed by atoms with Crippen molar-refractivity contribution in [3.05, 3.63) is 0 Å². The highest BCUT2D eigenvalue weighted by molar-refractivity contribution is 7.98. The fourth-order valence-electron chi connectivity index (χ4n) is 1.10. The molecular formula is C9H18N4O4S. The first-order valence-corrected chi connectivity index (χ1v) is 6.57. The van der Waals surface area contributed by atoms with Gasteiger partial charge in [-0.05, 0) is 18.4 Å². The Balaban J connectivity index is 4.27. The quantitative estimate of drug-likeness (QED) is 0.340. The molecule has 0 fully saturated rings. The van der Waals surface area contributed by atoms with Crippen LogP contribution in [-0.2, 0) is 9.59 Å². The Kier molecular flexibility index (Phi) is 7.88. The van der Waals surface area contributed by atoms with Gasteiger partial charge in [-0.15, -0.1) is 0 Å². The van der Waals surface area contributed by atoms with Crippen LogP contribution in [-0.4, -0.2) is 53.7 Å². The molecule has 0 aromatic carbocycles. The van der Waals surface area contributed by atoms with Gasteiger partial charge in [0.15, 0.2) is 0 Å². The number of carbonyl (C=O) groups is 3. The first-order chi connectivity index (χ1) is 8.38. The standard InChI is InChI=1S/C9H18N4O4S/c1-18-3-2-5(13-9(11)17)8(16)12-4-6(14)7(10)15/h5-6,14H,2-4H2,1H3,(H2,10,15)(H,12,16)(H3,11,13,17). The van der Waals surface area contributed by atoms with Crippen LogP contribution in [0.15, 0.2) is 0 Å². The largest absolute Gasteiger partial charge is 0.381 e. The fourth-order valence-corrected chi connectivity index (χ4v) is 1.57. The Hall–Kier alpha value is -1.48. The molecule has 0 aliphatic heterocycles. The monoisotopic (exact) mass is 278 g/mol. The Morgan fingerprint density at radius 3 is 2.39 bits per heavy atom.